The van der Waals surface area contributed by atoms with Crippen LogP contribution in [0.1, 0.15) is 5.56 Å². The van der Waals surface area contributed by atoms with Gasteiger partial charge in [0.25, 0.3) is 5.69 Å². The third-order valence-electron chi connectivity index (χ3n) is 2.23. The molecular formula is C11H9ClN4O2. The van der Waals surface area contributed by atoms with Crippen molar-refractivity contribution in [3.8, 4) is 0 Å². The largest absolute Gasteiger partial charge is 0.363 e. The first-order valence-corrected chi connectivity index (χ1v) is 5.48. The molecule has 0 fully saturated rings. The molecule has 0 saturated heterocycles. The lowest BCUT2D eigenvalue weighted by molar-refractivity contribution is -0.384. The number of halogens is 1. The van der Waals surface area contributed by atoms with E-state index in [-0.39, 0.29) is 10.8 Å². The van der Waals surface area contributed by atoms with Crippen LogP contribution in [0.25, 0.3) is 0 Å². The molecule has 0 bridgehead atoms. The molecule has 1 aromatic carbocycles. The van der Waals surface area contributed by atoms with E-state index in [1.807, 2.05) is 0 Å². The third-order valence-corrected chi connectivity index (χ3v) is 2.51. The smallest absolute Gasteiger partial charge is 0.269 e. The Morgan fingerprint density at radius 1 is 1.33 bits per heavy atom. The third kappa shape index (κ3) is 2.92. The minimum atomic E-state index is -0.432. The van der Waals surface area contributed by atoms with Crippen LogP contribution in [0.5, 0.6) is 0 Å². The predicted molar refractivity (Wildman–Crippen MR) is 67.5 cm³/mol. The van der Waals surface area contributed by atoms with Gasteiger partial charge in [0.2, 0.25) is 0 Å². The van der Waals surface area contributed by atoms with Gasteiger partial charge in [-0.05, 0) is 5.56 Å². The highest BCUT2D eigenvalue weighted by atomic mass is 35.5. The lowest BCUT2D eigenvalue weighted by Gasteiger charge is -2.06. The van der Waals surface area contributed by atoms with E-state index in [4.69, 9.17) is 11.6 Å². The van der Waals surface area contributed by atoms with E-state index in [1.165, 1.54) is 24.5 Å². The zero-order chi connectivity index (χ0) is 13.0. The van der Waals surface area contributed by atoms with E-state index in [2.05, 4.69) is 15.3 Å². The Hall–Kier alpha value is -2.21. The van der Waals surface area contributed by atoms with Gasteiger partial charge in [-0.2, -0.15) is 0 Å². The van der Waals surface area contributed by atoms with Crippen molar-refractivity contribution in [2.24, 2.45) is 0 Å². The number of hydrogen-bond acceptors (Lipinski definition) is 5. The molecule has 0 aliphatic rings. The number of benzene rings is 1. The van der Waals surface area contributed by atoms with Crippen LogP contribution in [0.15, 0.2) is 36.7 Å². The SMILES string of the molecule is O=[N+]([O-])c1cccc(CNc2nccnc2Cl)c1. The zero-order valence-electron chi connectivity index (χ0n) is 9.21. The Kier molecular flexibility index (Phi) is 3.69. The van der Waals surface area contributed by atoms with Crippen LogP contribution in [0, 0.1) is 10.1 Å². The van der Waals surface area contributed by atoms with Crippen LogP contribution >= 0.6 is 11.6 Å². The van der Waals surface area contributed by atoms with Gasteiger partial charge < -0.3 is 5.32 Å². The van der Waals surface area contributed by atoms with Gasteiger partial charge in [0.15, 0.2) is 11.0 Å². The van der Waals surface area contributed by atoms with Crippen LogP contribution in [-0.4, -0.2) is 14.9 Å². The van der Waals surface area contributed by atoms with Gasteiger partial charge in [0, 0.05) is 31.1 Å². The number of hydrogen-bond donors (Lipinski definition) is 1. The molecule has 0 aliphatic carbocycles. The van der Waals surface area contributed by atoms with Crippen molar-refractivity contribution >= 4 is 23.1 Å². The van der Waals surface area contributed by atoms with Gasteiger partial charge in [-0.15, -0.1) is 0 Å². The quantitative estimate of drug-likeness (QED) is 0.678. The summed E-state index contributed by atoms with van der Waals surface area (Å²) < 4.78 is 0. The summed E-state index contributed by atoms with van der Waals surface area (Å²) >= 11 is 5.83. The van der Waals surface area contributed by atoms with Crippen molar-refractivity contribution in [2.75, 3.05) is 5.32 Å². The molecule has 2 rings (SSSR count). The molecule has 1 N–H and O–H groups in total. The van der Waals surface area contributed by atoms with Gasteiger partial charge >= 0.3 is 0 Å². The molecule has 0 spiro atoms. The first-order chi connectivity index (χ1) is 8.66. The van der Waals surface area contributed by atoms with E-state index in [0.717, 1.165) is 5.56 Å². The van der Waals surface area contributed by atoms with E-state index in [1.54, 1.807) is 12.1 Å². The molecule has 0 radical (unpaired) electrons. The number of nitro benzene ring substituents is 1. The topological polar surface area (TPSA) is 81.0 Å². The fourth-order valence-electron chi connectivity index (χ4n) is 1.41. The Labute approximate surface area is 108 Å². The number of aromatic nitrogens is 2. The summed E-state index contributed by atoms with van der Waals surface area (Å²) in [5.41, 5.74) is 0.825. The Morgan fingerprint density at radius 3 is 2.83 bits per heavy atom. The van der Waals surface area contributed by atoms with Gasteiger partial charge in [0.05, 0.1) is 4.92 Å². The average Bonchev–Trinajstić information content (AvgIpc) is 2.38. The van der Waals surface area contributed by atoms with Crippen molar-refractivity contribution < 1.29 is 4.92 Å². The fraction of sp³-hybridized carbons (Fsp3) is 0.0909. The second-order valence-corrected chi connectivity index (χ2v) is 3.83. The summed E-state index contributed by atoms with van der Waals surface area (Å²) in [6.45, 7) is 0.389. The average molecular weight is 265 g/mol. The minimum absolute atomic E-state index is 0.0551. The van der Waals surface area contributed by atoms with Crippen molar-refractivity contribution in [3.63, 3.8) is 0 Å². The molecule has 0 saturated carbocycles. The molecule has 0 unspecified atom stereocenters. The van der Waals surface area contributed by atoms with Crippen LogP contribution in [0.3, 0.4) is 0 Å². The first kappa shape index (κ1) is 12.3. The lowest BCUT2D eigenvalue weighted by atomic mass is 10.2. The molecule has 0 atom stereocenters. The van der Waals surface area contributed by atoms with Crippen molar-refractivity contribution in [1.29, 1.82) is 0 Å². The van der Waals surface area contributed by atoms with Gasteiger partial charge in [-0.25, -0.2) is 9.97 Å². The maximum absolute atomic E-state index is 10.6. The van der Waals surface area contributed by atoms with Gasteiger partial charge in [0.1, 0.15) is 0 Å². The summed E-state index contributed by atoms with van der Waals surface area (Å²) in [6.07, 6.45) is 3.00. The Morgan fingerprint density at radius 2 is 2.11 bits per heavy atom. The predicted octanol–water partition coefficient (Wildman–Crippen LogP) is 2.65. The molecule has 1 heterocycles. The van der Waals surface area contributed by atoms with Gasteiger partial charge in [-0.1, -0.05) is 23.7 Å². The van der Waals surface area contributed by atoms with E-state index in [0.29, 0.717) is 12.4 Å². The summed E-state index contributed by atoms with van der Waals surface area (Å²) in [6, 6.07) is 6.35. The van der Waals surface area contributed by atoms with Gasteiger partial charge in [-0.3, -0.25) is 10.1 Å². The van der Waals surface area contributed by atoms with E-state index < -0.39 is 4.92 Å². The maximum Gasteiger partial charge on any atom is 0.269 e. The molecule has 0 amide bonds. The summed E-state index contributed by atoms with van der Waals surface area (Å²) in [7, 11) is 0. The second-order valence-electron chi connectivity index (χ2n) is 3.48. The minimum Gasteiger partial charge on any atom is -0.363 e. The molecule has 7 heteroatoms. The fourth-order valence-corrected chi connectivity index (χ4v) is 1.58. The standard InChI is InChI=1S/C11H9ClN4O2/c12-10-11(14-5-4-13-10)15-7-8-2-1-3-9(6-8)16(17)18/h1-6H,7H2,(H,14,15). The number of nitro groups is 1. The second kappa shape index (κ2) is 5.42. The molecule has 1 aromatic heterocycles. The summed E-state index contributed by atoms with van der Waals surface area (Å²) in [5, 5.41) is 13.9. The number of non-ortho nitro benzene ring substituents is 1. The Balaban J connectivity index is 2.09. The monoisotopic (exact) mass is 264 g/mol. The number of nitrogens with one attached hydrogen (secondary N) is 1. The maximum atomic E-state index is 10.6. The van der Waals surface area contributed by atoms with E-state index in [9.17, 15) is 10.1 Å². The molecular weight excluding hydrogens is 256 g/mol. The summed E-state index contributed by atoms with van der Waals surface area (Å²) in [5.74, 6) is 0.450. The van der Waals surface area contributed by atoms with Crippen molar-refractivity contribution in [2.45, 2.75) is 6.54 Å². The van der Waals surface area contributed by atoms with Crippen LogP contribution in [0.4, 0.5) is 11.5 Å². The Bertz CT molecular complexity index is 576. The summed E-state index contributed by atoms with van der Waals surface area (Å²) in [4.78, 5) is 18.1. The molecule has 92 valence electrons. The van der Waals surface area contributed by atoms with Crippen LogP contribution < -0.4 is 5.32 Å². The van der Waals surface area contributed by atoms with Crippen molar-refractivity contribution in [3.05, 3.63) is 57.5 Å². The van der Waals surface area contributed by atoms with Crippen molar-refractivity contribution in [1.82, 2.24) is 9.97 Å². The normalized spacial score (nSPS) is 10.1. The first-order valence-electron chi connectivity index (χ1n) is 5.10. The molecule has 18 heavy (non-hydrogen) atoms. The number of anilines is 1. The highest BCUT2D eigenvalue weighted by molar-refractivity contribution is 6.31. The number of nitrogens with zero attached hydrogens (tertiary/aromatic N) is 3. The molecule has 0 aliphatic heterocycles. The molecule has 2 aromatic rings. The van der Waals surface area contributed by atoms with Crippen LogP contribution in [0.2, 0.25) is 5.15 Å². The highest BCUT2D eigenvalue weighted by Crippen LogP contribution is 2.17. The van der Waals surface area contributed by atoms with E-state index >= 15 is 0 Å². The van der Waals surface area contributed by atoms with Crippen LogP contribution in [-0.2, 0) is 6.54 Å². The number of rotatable bonds is 4. The lowest BCUT2D eigenvalue weighted by Crippen LogP contribution is -2.03. The molecule has 6 nitrogen and oxygen atoms in total. The highest BCUT2D eigenvalue weighted by Gasteiger charge is 2.06. The zero-order valence-corrected chi connectivity index (χ0v) is 9.96.